The molecule has 0 unspecified atom stereocenters. The number of esters is 1. The van der Waals surface area contributed by atoms with E-state index in [0.29, 0.717) is 46.1 Å². The van der Waals surface area contributed by atoms with Crippen LogP contribution in [0, 0.1) is 6.92 Å². The van der Waals surface area contributed by atoms with Gasteiger partial charge in [-0.05, 0) is 61.0 Å². The second-order valence-electron chi connectivity index (χ2n) is 7.77. The fourth-order valence-corrected chi connectivity index (χ4v) is 4.41. The van der Waals surface area contributed by atoms with Gasteiger partial charge >= 0.3 is 5.97 Å². The maximum absolute atomic E-state index is 13.1. The summed E-state index contributed by atoms with van der Waals surface area (Å²) < 4.78 is 28.4. The molecule has 0 aromatic heterocycles. The van der Waals surface area contributed by atoms with E-state index < -0.39 is 5.97 Å². The van der Waals surface area contributed by atoms with Crippen molar-refractivity contribution >= 4 is 33.8 Å². The van der Waals surface area contributed by atoms with Crippen LogP contribution < -0.4 is 18.9 Å². The van der Waals surface area contributed by atoms with E-state index in [1.807, 2.05) is 12.1 Å². The number of fused-ring (bicyclic) bond motifs is 2. The second kappa shape index (κ2) is 8.96. The Labute approximate surface area is 204 Å². The summed E-state index contributed by atoms with van der Waals surface area (Å²) in [6.45, 7) is 2.33. The van der Waals surface area contributed by atoms with E-state index in [-0.39, 0.29) is 24.1 Å². The maximum atomic E-state index is 13.1. The van der Waals surface area contributed by atoms with Crippen LogP contribution in [-0.4, -0.2) is 25.7 Å². The SMILES string of the molecule is COc1ccc(C(=O)Oc2cc(C)c3c(c2)O/C(=C\c2cc(Br)cc4c2OCOC4)C3=O)cc1. The molecule has 2 aliphatic rings. The molecular formula is C26H19BrO7. The van der Waals surface area contributed by atoms with Gasteiger partial charge in [-0.2, -0.15) is 0 Å². The molecule has 0 aliphatic carbocycles. The van der Waals surface area contributed by atoms with E-state index in [4.69, 9.17) is 23.7 Å². The molecule has 172 valence electrons. The van der Waals surface area contributed by atoms with Crippen LogP contribution in [0.3, 0.4) is 0 Å². The first kappa shape index (κ1) is 22.2. The first-order chi connectivity index (χ1) is 16.4. The smallest absolute Gasteiger partial charge is 0.343 e. The lowest BCUT2D eigenvalue weighted by Gasteiger charge is -2.20. The van der Waals surface area contributed by atoms with Crippen molar-refractivity contribution in [2.45, 2.75) is 13.5 Å². The third-order valence-electron chi connectivity index (χ3n) is 5.47. The summed E-state index contributed by atoms with van der Waals surface area (Å²) in [6, 6.07) is 13.6. The molecule has 7 nitrogen and oxygen atoms in total. The van der Waals surface area contributed by atoms with Gasteiger partial charge < -0.3 is 23.7 Å². The number of halogens is 1. The van der Waals surface area contributed by atoms with Gasteiger partial charge in [0.05, 0.1) is 24.8 Å². The van der Waals surface area contributed by atoms with Crippen LogP contribution in [0.4, 0.5) is 0 Å². The highest BCUT2D eigenvalue weighted by Gasteiger charge is 2.31. The van der Waals surface area contributed by atoms with E-state index in [1.165, 1.54) is 0 Å². The highest BCUT2D eigenvalue weighted by atomic mass is 79.9. The summed E-state index contributed by atoms with van der Waals surface area (Å²) in [5, 5.41) is 0. The Morgan fingerprint density at radius 3 is 2.65 bits per heavy atom. The maximum Gasteiger partial charge on any atom is 0.343 e. The Morgan fingerprint density at radius 1 is 1.09 bits per heavy atom. The quantitative estimate of drug-likeness (QED) is 0.255. The average molecular weight is 523 g/mol. The molecule has 2 aliphatic heterocycles. The van der Waals surface area contributed by atoms with Gasteiger partial charge in [0.15, 0.2) is 12.6 Å². The van der Waals surface area contributed by atoms with Gasteiger partial charge in [0.1, 0.15) is 23.0 Å². The molecule has 3 aromatic carbocycles. The third kappa shape index (κ3) is 4.18. The lowest BCUT2D eigenvalue weighted by molar-refractivity contribution is -0.0165. The fraction of sp³-hybridized carbons (Fsp3) is 0.154. The Morgan fingerprint density at radius 2 is 1.88 bits per heavy atom. The summed E-state index contributed by atoms with van der Waals surface area (Å²) >= 11 is 3.48. The standard InChI is InChI=1S/C26H19BrO7/c1-14-7-20(33-26(29)15-3-5-19(30-2)6-4-15)11-21-23(14)24(28)22(34-21)10-16-8-18(27)9-17-12-31-13-32-25(16)17/h3-11H,12-13H2,1-2H3/b22-10-. The molecule has 0 radical (unpaired) electrons. The highest BCUT2D eigenvalue weighted by molar-refractivity contribution is 9.10. The number of ketones is 1. The molecular weight excluding hydrogens is 504 g/mol. The fourth-order valence-electron chi connectivity index (χ4n) is 3.89. The number of methoxy groups -OCH3 is 1. The molecule has 0 N–H and O–H groups in total. The molecule has 5 rings (SSSR count). The molecule has 8 heteroatoms. The largest absolute Gasteiger partial charge is 0.497 e. The Bertz CT molecular complexity index is 1340. The van der Waals surface area contributed by atoms with Crippen molar-refractivity contribution in [1.29, 1.82) is 0 Å². The van der Waals surface area contributed by atoms with Gasteiger partial charge in [0, 0.05) is 21.7 Å². The first-order valence-corrected chi connectivity index (χ1v) is 11.2. The minimum atomic E-state index is -0.526. The summed E-state index contributed by atoms with van der Waals surface area (Å²) in [7, 11) is 1.55. The van der Waals surface area contributed by atoms with Crippen LogP contribution in [0.25, 0.3) is 6.08 Å². The van der Waals surface area contributed by atoms with Crippen molar-refractivity contribution < 1.29 is 33.3 Å². The van der Waals surface area contributed by atoms with Crippen molar-refractivity contribution in [2.24, 2.45) is 0 Å². The third-order valence-corrected chi connectivity index (χ3v) is 5.93. The lowest BCUT2D eigenvalue weighted by atomic mass is 10.0. The minimum Gasteiger partial charge on any atom is -0.497 e. The summed E-state index contributed by atoms with van der Waals surface area (Å²) in [5.41, 5.74) is 3.03. The molecule has 0 saturated heterocycles. The van der Waals surface area contributed by atoms with Gasteiger partial charge in [-0.3, -0.25) is 4.79 Å². The molecule has 0 bridgehead atoms. The monoisotopic (exact) mass is 522 g/mol. The summed E-state index contributed by atoms with van der Waals surface area (Å²) in [6.07, 6.45) is 1.65. The summed E-state index contributed by atoms with van der Waals surface area (Å²) in [5.74, 6) is 1.30. The second-order valence-corrected chi connectivity index (χ2v) is 8.68. The van der Waals surface area contributed by atoms with Gasteiger partial charge in [0.2, 0.25) is 5.78 Å². The van der Waals surface area contributed by atoms with Gasteiger partial charge in [-0.25, -0.2) is 4.79 Å². The van der Waals surface area contributed by atoms with E-state index >= 15 is 0 Å². The number of carbonyl (C=O) groups excluding carboxylic acids is 2. The molecule has 3 aromatic rings. The van der Waals surface area contributed by atoms with E-state index in [1.54, 1.807) is 56.5 Å². The van der Waals surface area contributed by atoms with Crippen LogP contribution in [0.2, 0.25) is 0 Å². The number of ether oxygens (including phenoxy) is 5. The van der Waals surface area contributed by atoms with E-state index in [0.717, 1.165) is 10.0 Å². The number of benzene rings is 3. The normalized spacial score (nSPS) is 15.3. The number of carbonyl (C=O) groups is 2. The van der Waals surface area contributed by atoms with Crippen molar-refractivity contribution in [3.8, 4) is 23.0 Å². The summed E-state index contributed by atoms with van der Waals surface area (Å²) in [4.78, 5) is 25.7. The van der Waals surface area contributed by atoms with Crippen molar-refractivity contribution in [2.75, 3.05) is 13.9 Å². The van der Waals surface area contributed by atoms with Crippen LogP contribution in [0.15, 0.2) is 58.8 Å². The predicted octanol–water partition coefficient (Wildman–Crippen LogP) is 5.47. The van der Waals surface area contributed by atoms with Gasteiger partial charge in [-0.15, -0.1) is 0 Å². The predicted molar refractivity (Wildman–Crippen MR) is 126 cm³/mol. The molecule has 0 spiro atoms. The van der Waals surface area contributed by atoms with Crippen LogP contribution in [0.5, 0.6) is 23.0 Å². The minimum absolute atomic E-state index is 0.141. The van der Waals surface area contributed by atoms with Crippen molar-refractivity contribution in [3.05, 3.63) is 86.6 Å². The topological polar surface area (TPSA) is 80.3 Å². The van der Waals surface area contributed by atoms with Crippen LogP contribution in [0.1, 0.15) is 37.4 Å². The van der Waals surface area contributed by atoms with E-state index in [2.05, 4.69) is 15.9 Å². The molecule has 2 heterocycles. The van der Waals surface area contributed by atoms with Crippen LogP contribution >= 0.6 is 15.9 Å². The zero-order valence-corrected chi connectivity index (χ0v) is 19.9. The zero-order chi connectivity index (χ0) is 23.8. The number of Topliss-reactive ketones (excluding diaryl/α,β-unsaturated/α-hetero) is 1. The molecule has 0 saturated carbocycles. The molecule has 34 heavy (non-hydrogen) atoms. The highest BCUT2D eigenvalue weighted by Crippen LogP contribution is 2.39. The molecule has 0 fully saturated rings. The molecule has 0 atom stereocenters. The lowest BCUT2D eigenvalue weighted by Crippen LogP contribution is -2.12. The Hall–Kier alpha value is -3.62. The zero-order valence-electron chi connectivity index (χ0n) is 18.3. The Kier molecular flexibility index (Phi) is 5.85. The number of allylic oxidation sites excluding steroid dienone is 1. The van der Waals surface area contributed by atoms with E-state index in [9.17, 15) is 9.59 Å². The number of rotatable bonds is 4. The van der Waals surface area contributed by atoms with Crippen molar-refractivity contribution in [1.82, 2.24) is 0 Å². The van der Waals surface area contributed by atoms with Gasteiger partial charge in [0.25, 0.3) is 0 Å². The van der Waals surface area contributed by atoms with Crippen LogP contribution in [-0.2, 0) is 11.3 Å². The number of aryl methyl sites for hydroxylation is 1. The van der Waals surface area contributed by atoms with Crippen molar-refractivity contribution in [3.63, 3.8) is 0 Å². The number of hydrogen-bond donors (Lipinski definition) is 0. The Balaban J connectivity index is 1.42. The number of hydrogen-bond acceptors (Lipinski definition) is 7. The first-order valence-electron chi connectivity index (χ1n) is 10.4. The van der Waals surface area contributed by atoms with Gasteiger partial charge in [-0.1, -0.05) is 15.9 Å². The molecule has 0 amide bonds. The average Bonchev–Trinajstić information content (AvgIpc) is 3.14.